The maximum atomic E-state index is 5.83. The van der Waals surface area contributed by atoms with Crippen LogP contribution in [0.2, 0.25) is 0 Å². The van der Waals surface area contributed by atoms with Gasteiger partial charge >= 0.3 is 0 Å². The van der Waals surface area contributed by atoms with Crippen molar-refractivity contribution in [3.05, 3.63) is 23.8 Å². The molecule has 2 aromatic rings. The molecule has 0 radical (unpaired) electrons. The zero-order valence-electron chi connectivity index (χ0n) is 10.4. The van der Waals surface area contributed by atoms with Crippen molar-refractivity contribution in [1.82, 2.24) is 9.78 Å². The Kier molecular flexibility index (Phi) is 2.40. The van der Waals surface area contributed by atoms with Crippen molar-refractivity contribution in [2.75, 3.05) is 12.5 Å². The Labute approximate surface area is 105 Å². The molecule has 0 aliphatic carbocycles. The van der Waals surface area contributed by atoms with Gasteiger partial charge in [0, 0.05) is 18.7 Å². The van der Waals surface area contributed by atoms with Crippen LogP contribution in [0.4, 0.5) is 5.82 Å². The number of nitrogens with two attached hydrogens (primary N) is 1. The number of ether oxygens (including phenoxy) is 2. The first-order valence-electron chi connectivity index (χ1n) is 5.91. The Morgan fingerprint density at radius 2 is 2.00 bits per heavy atom. The Morgan fingerprint density at radius 3 is 2.61 bits per heavy atom. The lowest BCUT2D eigenvalue weighted by atomic mass is 10.0. The second-order valence-corrected chi connectivity index (χ2v) is 4.29. The van der Waals surface area contributed by atoms with Crippen molar-refractivity contribution >= 4 is 5.82 Å². The van der Waals surface area contributed by atoms with Gasteiger partial charge in [0.05, 0.1) is 5.69 Å². The Hall–Kier alpha value is -2.17. The molecule has 0 atom stereocenters. The van der Waals surface area contributed by atoms with E-state index in [0.29, 0.717) is 5.82 Å². The molecule has 0 fully saturated rings. The molecule has 2 N–H and O–H groups in total. The molecule has 0 saturated carbocycles. The minimum atomic E-state index is 0.284. The smallest absolute Gasteiger partial charge is 0.231 e. The van der Waals surface area contributed by atoms with Crippen LogP contribution in [0.3, 0.4) is 0 Å². The van der Waals surface area contributed by atoms with E-state index >= 15 is 0 Å². The van der Waals surface area contributed by atoms with Crippen LogP contribution in [-0.4, -0.2) is 16.6 Å². The lowest BCUT2D eigenvalue weighted by Gasteiger charge is -2.07. The first-order chi connectivity index (χ1) is 8.69. The van der Waals surface area contributed by atoms with Gasteiger partial charge in [-0.2, -0.15) is 5.10 Å². The summed E-state index contributed by atoms with van der Waals surface area (Å²) < 4.78 is 12.5. The van der Waals surface area contributed by atoms with Crippen LogP contribution in [0.25, 0.3) is 11.3 Å². The van der Waals surface area contributed by atoms with Crippen LogP contribution in [0.1, 0.15) is 12.5 Å². The maximum absolute atomic E-state index is 5.83. The van der Waals surface area contributed by atoms with Gasteiger partial charge in [0.15, 0.2) is 11.5 Å². The summed E-state index contributed by atoms with van der Waals surface area (Å²) in [6.07, 6.45) is 0.905. The molecule has 1 aliphatic heterocycles. The van der Waals surface area contributed by atoms with Gasteiger partial charge < -0.3 is 15.2 Å². The summed E-state index contributed by atoms with van der Waals surface area (Å²) in [5.74, 6) is 2.22. The van der Waals surface area contributed by atoms with E-state index < -0.39 is 0 Å². The standard InChI is InChI=1S/C13H15N3O2/c1-3-8-4-11-12(18-7-17-11)5-9(8)10-6-13(14)16(2)15-10/h4-6H,3,7,14H2,1-2H3. The molecule has 2 heterocycles. The highest BCUT2D eigenvalue weighted by molar-refractivity contribution is 5.70. The minimum absolute atomic E-state index is 0.284. The summed E-state index contributed by atoms with van der Waals surface area (Å²) in [4.78, 5) is 0. The molecule has 0 unspecified atom stereocenters. The van der Waals surface area contributed by atoms with E-state index in [-0.39, 0.29) is 6.79 Å². The fraction of sp³-hybridized carbons (Fsp3) is 0.308. The fourth-order valence-electron chi connectivity index (χ4n) is 2.13. The number of benzene rings is 1. The topological polar surface area (TPSA) is 62.3 Å². The molecule has 1 aliphatic rings. The Balaban J connectivity index is 2.16. The number of anilines is 1. The van der Waals surface area contributed by atoms with E-state index in [1.807, 2.05) is 25.2 Å². The first kappa shape index (κ1) is 11.0. The van der Waals surface area contributed by atoms with Gasteiger partial charge in [-0.15, -0.1) is 0 Å². The maximum Gasteiger partial charge on any atom is 0.231 e. The monoisotopic (exact) mass is 245 g/mol. The van der Waals surface area contributed by atoms with Gasteiger partial charge in [0.25, 0.3) is 0 Å². The third kappa shape index (κ3) is 1.59. The van der Waals surface area contributed by atoms with Crippen molar-refractivity contribution < 1.29 is 9.47 Å². The lowest BCUT2D eigenvalue weighted by molar-refractivity contribution is 0.174. The van der Waals surface area contributed by atoms with Crippen LogP contribution in [0.5, 0.6) is 11.5 Å². The molecule has 0 amide bonds. The Morgan fingerprint density at radius 1 is 1.28 bits per heavy atom. The van der Waals surface area contributed by atoms with Gasteiger partial charge in [-0.05, 0) is 24.1 Å². The first-order valence-corrected chi connectivity index (χ1v) is 5.91. The predicted molar refractivity (Wildman–Crippen MR) is 68.6 cm³/mol. The third-order valence-electron chi connectivity index (χ3n) is 3.17. The highest BCUT2D eigenvalue weighted by Crippen LogP contribution is 2.38. The molecule has 94 valence electrons. The summed E-state index contributed by atoms with van der Waals surface area (Å²) in [6, 6.07) is 5.86. The summed E-state index contributed by atoms with van der Waals surface area (Å²) >= 11 is 0. The van der Waals surface area contributed by atoms with E-state index in [2.05, 4.69) is 12.0 Å². The average molecular weight is 245 g/mol. The van der Waals surface area contributed by atoms with Crippen molar-refractivity contribution in [1.29, 1.82) is 0 Å². The van der Waals surface area contributed by atoms with E-state index in [1.54, 1.807) is 4.68 Å². The minimum Gasteiger partial charge on any atom is -0.454 e. The summed E-state index contributed by atoms with van der Waals surface area (Å²) in [5, 5.41) is 4.41. The summed E-state index contributed by atoms with van der Waals surface area (Å²) in [5.41, 5.74) is 8.92. The number of hydrogen-bond donors (Lipinski definition) is 1. The van der Waals surface area contributed by atoms with Crippen LogP contribution in [0.15, 0.2) is 18.2 Å². The van der Waals surface area contributed by atoms with E-state index in [1.165, 1.54) is 5.56 Å². The highest BCUT2D eigenvalue weighted by atomic mass is 16.7. The number of fused-ring (bicyclic) bond motifs is 1. The van der Waals surface area contributed by atoms with E-state index in [9.17, 15) is 0 Å². The van der Waals surface area contributed by atoms with Crippen molar-refractivity contribution in [2.45, 2.75) is 13.3 Å². The van der Waals surface area contributed by atoms with Gasteiger partial charge in [-0.3, -0.25) is 4.68 Å². The zero-order chi connectivity index (χ0) is 12.7. The van der Waals surface area contributed by atoms with Crippen LogP contribution < -0.4 is 15.2 Å². The average Bonchev–Trinajstić information content (AvgIpc) is 2.94. The van der Waals surface area contributed by atoms with Crippen LogP contribution in [0, 0.1) is 0 Å². The molecule has 5 heteroatoms. The zero-order valence-corrected chi connectivity index (χ0v) is 10.4. The van der Waals surface area contributed by atoms with Crippen molar-refractivity contribution in [3.8, 4) is 22.8 Å². The molecule has 3 rings (SSSR count). The molecule has 0 spiro atoms. The quantitative estimate of drug-likeness (QED) is 0.878. The number of aryl methyl sites for hydroxylation is 2. The molecule has 1 aromatic heterocycles. The third-order valence-corrected chi connectivity index (χ3v) is 3.17. The molecule has 5 nitrogen and oxygen atoms in total. The summed E-state index contributed by atoms with van der Waals surface area (Å²) in [7, 11) is 1.83. The van der Waals surface area contributed by atoms with E-state index in [0.717, 1.165) is 29.2 Å². The van der Waals surface area contributed by atoms with Gasteiger partial charge in [-0.1, -0.05) is 6.92 Å². The van der Waals surface area contributed by atoms with Crippen LogP contribution in [-0.2, 0) is 13.5 Å². The fourth-order valence-corrected chi connectivity index (χ4v) is 2.13. The Bertz CT molecular complexity index is 585. The summed E-state index contributed by atoms with van der Waals surface area (Å²) in [6.45, 7) is 2.39. The number of hydrogen-bond acceptors (Lipinski definition) is 4. The SMILES string of the molecule is CCc1cc2c(cc1-c1cc(N)n(C)n1)OCO2. The number of nitrogens with zero attached hydrogens (tertiary/aromatic N) is 2. The second kappa shape index (κ2) is 3.94. The lowest BCUT2D eigenvalue weighted by Crippen LogP contribution is -1.96. The molecule has 0 saturated heterocycles. The predicted octanol–water partition coefficient (Wildman–Crippen LogP) is 1.96. The van der Waals surface area contributed by atoms with Gasteiger partial charge in [-0.25, -0.2) is 0 Å². The number of rotatable bonds is 2. The van der Waals surface area contributed by atoms with Gasteiger partial charge in [0.2, 0.25) is 6.79 Å². The number of nitrogen functional groups attached to an aromatic ring is 1. The van der Waals surface area contributed by atoms with Crippen molar-refractivity contribution in [3.63, 3.8) is 0 Å². The molecule has 18 heavy (non-hydrogen) atoms. The van der Waals surface area contributed by atoms with E-state index in [4.69, 9.17) is 15.2 Å². The van der Waals surface area contributed by atoms with Gasteiger partial charge in [0.1, 0.15) is 5.82 Å². The van der Waals surface area contributed by atoms with Crippen molar-refractivity contribution in [2.24, 2.45) is 7.05 Å². The largest absolute Gasteiger partial charge is 0.454 e. The second-order valence-electron chi connectivity index (χ2n) is 4.29. The molecular weight excluding hydrogens is 230 g/mol. The molecular formula is C13H15N3O2. The molecule has 1 aromatic carbocycles. The highest BCUT2D eigenvalue weighted by Gasteiger charge is 2.18. The number of aromatic nitrogens is 2. The molecule has 0 bridgehead atoms. The normalized spacial score (nSPS) is 13.0. The van der Waals surface area contributed by atoms with Crippen LogP contribution >= 0.6 is 0 Å².